The Morgan fingerprint density at radius 1 is 1.53 bits per heavy atom. The molecule has 1 aromatic heterocycles. The van der Waals surface area contributed by atoms with Gasteiger partial charge in [-0.1, -0.05) is 13.8 Å². The lowest BCUT2D eigenvalue weighted by Gasteiger charge is -2.17. The van der Waals surface area contributed by atoms with Gasteiger partial charge in [-0.2, -0.15) is 0 Å². The van der Waals surface area contributed by atoms with Crippen molar-refractivity contribution in [3.8, 4) is 0 Å². The minimum Gasteiger partial charge on any atom is -0.468 e. The molecule has 3 nitrogen and oxygen atoms in total. The summed E-state index contributed by atoms with van der Waals surface area (Å²) in [5.41, 5.74) is 0. The van der Waals surface area contributed by atoms with Crippen molar-refractivity contribution in [2.75, 3.05) is 13.2 Å². The first kappa shape index (κ1) is 12.3. The predicted molar refractivity (Wildman–Crippen MR) is 60.6 cm³/mol. The highest BCUT2D eigenvalue weighted by Crippen LogP contribution is 2.17. The van der Waals surface area contributed by atoms with Gasteiger partial charge >= 0.3 is 0 Å². The van der Waals surface area contributed by atoms with Gasteiger partial charge in [-0.05, 0) is 37.4 Å². The minimum absolute atomic E-state index is 0.264. The molecular weight excluding hydrogens is 190 g/mol. The molecule has 86 valence electrons. The Hall–Kier alpha value is -0.800. The molecule has 0 fully saturated rings. The van der Waals surface area contributed by atoms with Gasteiger partial charge in [0.2, 0.25) is 0 Å². The van der Waals surface area contributed by atoms with Crippen molar-refractivity contribution < 1.29 is 9.52 Å². The van der Waals surface area contributed by atoms with E-state index in [4.69, 9.17) is 9.52 Å². The Morgan fingerprint density at radius 3 is 2.87 bits per heavy atom. The highest BCUT2D eigenvalue weighted by molar-refractivity contribution is 5.03. The van der Waals surface area contributed by atoms with E-state index in [0.717, 1.165) is 25.1 Å². The van der Waals surface area contributed by atoms with E-state index in [9.17, 15) is 0 Å². The quantitative estimate of drug-likeness (QED) is 0.727. The van der Waals surface area contributed by atoms with Crippen LogP contribution in [0.2, 0.25) is 0 Å². The van der Waals surface area contributed by atoms with Gasteiger partial charge in [0.05, 0.1) is 12.3 Å². The maximum atomic E-state index is 8.80. The zero-order valence-electron chi connectivity index (χ0n) is 9.57. The van der Waals surface area contributed by atoms with Crippen molar-refractivity contribution >= 4 is 0 Å². The Bertz CT molecular complexity index is 246. The highest BCUT2D eigenvalue weighted by atomic mass is 16.3. The first-order valence-electron chi connectivity index (χ1n) is 5.65. The molecule has 2 N–H and O–H groups in total. The molecule has 2 atom stereocenters. The summed E-state index contributed by atoms with van der Waals surface area (Å²) < 4.78 is 5.37. The molecule has 0 aromatic carbocycles. The van der Waals surface area contributed by atoms with Gasteiger partial charge in [0, 0.05) is 6.61 Å². The lowest BCUT2D eigenvalue weighted by atomic mass is 10.1. The van der Waals surface area contributed by atoms with Gasteiger partial charge in [-0.3, -0.25) is 0 Å². The monoisotopic (exact) mass is 211 g/mol. The molecule has 0 aliphatic carbocycles. The highest BCUT2D eigenvalue weighted by Gasteiger charge is 2.12. The Labute approximate surface area is 91.5 Å². The molecule has 0 saturated carbocycles. The van der Waals surface area contributed by atoms with Crippen LogP contribution in [0.1, 0.15) is 38.5 Å². The number of nitrogens with one attached hydrogen (secondary N) is 1. The third-order valence-corrected chi connectivity index (χ3v) is 2.63. The van der Waals surface area contributed by atoms with Crippen molar-refractivity contribution in [3.05, 3.63) is 24.2 Å². The molecule has 0 bridgehead atoms. The van der Waals surface area contributed by atoms with E-state index in [1.54, 1.807) is 6.26 Å². The summed E-state index contributed by atoms with van der Waals surface area (Å²) in [7, 11) is 0. The van der Waals surface area contributed by atoms with Crippen LogP contribution in [0.5, 0.6) is 0 Å². The molecule has 1 heterocycles. The average Bonchev–Trinajstić information content (AvgIpc) is 2.72. The molecule has 0 radical (unpaired) electrons. The van der Waals surface area contributed by atoms with E-state index in [0.29, 0.717) is 12.0 Å². The van der Waals surface area contributed by atoms with Crippen LogP contribution < -0.4 is 5.32 Å². The predicted octanol–water partition coefficient (Wildman–Crippen LogP) is 2.34. The van der Waals surface area contributed by atoms with Gasteiger partial charge in [0.25, 0.3) is 0 Å². The molecule has 0 aliphatic rings. The second-order valence-electron chi connectivity index (χ2n) is 4.00. The number of aliphatic hydroxyl groups excluding tert-OH is 1. The summed E-state index contributed by atoms with van der Waals surface area (Å²) in [5, 5.41) is 12.2. The second kappa shape index (κ2) is 6.64. The number of aliphatic hydroxyl groups is 1. The molecule has 0 saturated heterocycles. The molecule has 1 rings (SSSR count). The van der Waals surface area contributed by atoms with Crippen LogP contribution in [-0.2, 0) is 0 Å². The van der Waals surface area contributed by atoms with Crippen LogP contribution in [0.15, 0.2) is 22.8 Å². The molecule has 1 aromatic rings. The summed E-state index contributed by atoms with van der Waals surface area (Å²) in [6.45, 7) is 5.45. The normalized spacial score (nSPS) is 15.1. The lowest BCUT2D eigenvalue weighted by Crippen LogP contribution is -2.26. The van der Waals surface area contributed by atoms with E-state index in [2.05, 4.69) is 19.2 Å². The minimum atomic E-state index is 0.264. The Balaban J connectivity index is 2.35. The summed E-state index contributed by atoms with van der Waals surface area (Å²) in [4.78, 5) is 0. The van der Waals surface area contributed by atoms with Gasteiger partial charge in [0.1, 0.15) is 5.76 Å². The number of hydrogen-bond acceptors (Lipinski definition) is 3. The van der Waals surface area contributed by atoms with E-state index in [1.807, 2.05) is 12.1 Å². The molecule has 3 heteroatoms. The molecule has 15 heavy (non-hydrogen) atoms. The maximum absolute atomic E-state index is 8.80. The third-order valence-electron chi connectivity index (χ3n) is 2.63. The molecular formula is C12H21NO2. The molecule has 0 aliphatic heterocycles. The van der Waals surface area contributed by atoms with Crippen molar-refractivity contribution in [1.29, 1.82) is 0 Å². The fraction of sp³-hybridized carbons (Fsp3) is 0.667. The van der Waals surface area contributed by atoms with Crippen molar-refractivity contribution in [3.63, 3.8) is 0 Å². The zero-order valence-corrected chi connectivity index (χ0v) is 9.57. The van der Waals surface area contributed by atoms with E-state index in [1.165, 1.54) is 0 Å². The lowest BCUT2D eigenvalue weighted by molar-refractivity contribution is 0.255. The summed E-state index contributed by atoms with van der Waals surface area (Å²) >= 11 is 0. The van der Waals surface area contributed by atoms with Crippen LogP contribution in [0.3, 0.4) is 0 Å². The largest absolute Gasteiger partial charge is 0.468 e. The van der Waals surface area contributed by atoms with E-state index in [-0.39, 0.29) is 6.61 Å². The van der Waals surface area contributed by atoms with E-state index >= 15 is 0 Å². The number of hydrogen-bond donors (Lipinski definition) is 2. The van der Waals surface area contributed by atoms with Crippen molar-refractivity contribution in [2.24, 2.45) is 5.92 Å². The van der Waals surface area contributed by atoms with Gasteiger partial charge in [0.15, 0.2) is 0 Å². The summed E-state index contributed by atoms with van der Waals surface area (Å²) in [5.74, 6) is 1.49. The smallest absolute Gasteiger partial charge is 0.120 e. The topological polar surface area (TPSA) is 45.4 Å². The third kappa shape index (κ3) is 4.06. The first-order chi connectivity index (χ1) is 7.27. The van der Waals surface area contributed by atoms with Crippen LogP contribution in [0, 0.1) is 5.92 Å². The molecule has 2 unspecified atom stereocenters. The number of rotatable bonds is 7. The van der Waals surface area contributed by atoms with Crippen molar-refractivity contribution in [1.82, 2.24) is 5.32 Å². The standard InChI is InChI=1S/C12H21NO2/c1-3-11(12-5-4-8-15-12)13-9-10(2)6-7-14/h4-5,8,10-11,13-14H,3,6-7,9H2,1-2H3. The van der Waals surface area contributed by atoms with Gasteiger partial charge < -0.3 is 14.8 Å². The van der Waals surface area contributed by atoms with Gasteiger partial charge in [-0.25, -0.2) is 0 Å². The van der Waals surface area contributed by atoms with Crippen molar-refractivity contribution in [2.45, 2.75) is 32.7 Å². The SMILES string of the molecule is CCC(NCC(C)CCO)c1ccco1. The Kier molecular flexibility index (Phi) is 5.43. The maximum Gasteiger partial charge on any atom is 0.120 e. The van der Waals surface area contributed by atoms with Crippen LogP contribution in [-0.4, -0.2) is 18.3 Å². The first-order valence-corrected chi connectivity index (χ1v) is 5.65. The average molecular weight is 211 g/mol. The fourth-order valence-corrected chi connectivity index (χ4v) is 1.60. The van der Waals surface area contributed by atoms with Crippen LogP contribution in [0.25, 0.3) is 0 Å². The zero-order chi connectivity index (χ0) is 11.1. The molecule has 0 spiro atoms. The Morgan fingerprint density at radius 2 is 2.33 bits per heavy atom. The van der Waals surface area contributed by atoms with Crippen LogP contribution >= 0.6 is 0 Å². The summed E-state index contributed by atoms with van der Waals surface area (Å²) in [6.07, 6.45) is 3.57. The fourth-order valence-electron chi connectivity index (χ4n) is 1.60. The van der Waals surface area contributed by atoms with Gasteiger partial charge in [-0.15, -0.1) is 0 Å². The summed E-state index contributed by atoms with van der Waals surface area (Å²) in [6, 6.07) is 4.20. The second-order valence-corrected chi connectivity index (χ2v) is 4.00. The van der Waals surface area contributed by atoms with Crippen LogP contribution in [0.4, 0.5) is 0 Å². The number of furan rings is 1. The van der Waals surface area contributed by atoms with E-state index < -0.39 is 0 Å². The molecule has 0 amide bonds.